The van der Waals surface area contributed by atoms with Gasteiger partial charge >= 0.3 is 0 Å². The lowest BCUT2D eigenvalue weighted by atomic mass is 10.1. The van der Waals surface area contributed by atoms with Gasteiger partial charge in [-0.1, -0.05) is 48.5 Å². The number of phenols is 1. The summed E-state index contributed by atoms with van der Waals surface area (Å²) in [6.07, 6.45) is 0. The molecule has 0 heterocycles. The Labute approximate surface area is 78.8 Å². The molecule has 0 aliphatic carbocycles. The first-order chi connectivity index (χ1) is 6.92. The molecule has 0 fully saturated rings. The van der Waals surface area contributed by atoms with E-state index in [2.05, 4.69) is 5.11 Å². The van der Waals surface area contributed by atoms with Gasteiger partial charge < -0.3 is 5.11 Å². The number of phenolic OH excluding ortho intramolecular Hbond substituents is 1. The molecule has 0 bridgehead atoms. The standard InChI is InChI=1S/C12H10O/c13-12-9-5-4-8-11(12)10-6-2-1-3-7-10/h1-9,13H/i/hD. The maximum Gasteiger partial charge on any atom is 0.293 e. The van der Waals surface area contributed by atoms with Crippen molar-refractivity contribution in [2.75, 3.05) is 0 Å². The molecule has 0 aliphatic heterocycles. The SMILES string of the molecule is [2H]Oc1ccccc1-c1ccccc1. The molecule has 2 aromatic carbocycles. The highest BCUT2D eigenvalue weighted by atomic mass is 16.3. The summed E-state index contributed by atoms with van der Waals surface area (Å²) in [5.74, 6) is 0.582. The van der Waals surface area contributed by atoms with Gasteiger partial charge in [-0.3, -0.25) is 0 Å². The Hall–Kier alpha value is -1.76. The zero-order chi connectivity index (χ0) is 9.80. The van der Waals surface area contributed by atoms with Crippen LogP contribution in [0.15, 0.2) is 54.6 Å². The summed E-state index contributed by atoms with van der Waals surface area (Å²) in [5.41, 5.74) is 2.01. The van der Waals surface area contributed by atoms with Crippen molar-refractivity contribution >= 4 is 0 Å². The van der Waals surface area contributed by atoms with E-state index in [-0.39, 0.29) is 0 Å². The van der Waals surface area contributed by atoms with Crippen LogP contribution in [0.2, 0.25) is 0 Å². The summed E-state index contributed by atoms with van der Waals surface area (Å²) in [6.45, 7) is 0. The van der Waals surface area contributed by atoms with Crippen LogP contribution in [0.4, 0.5) is 0 Å². The van der Waals surface area contributed by atoms with Crippen molar-refractivity contribution in [3.05, 3.63) is 54.6 Å². The second-order valence-corrected chi connectivity index (χ2v) is 2.86. The third kappa shape index (κ3) is 1.54. The van der Waals surface area contributed by atoms with Gasteiger partial charge in [-0.05, 0) is 11.6 Å². The number of para-hydroxylation sites is 1. The second-order valence-electron chi connectivity index (χ2n) is 2.86. The third-order valence-electron chi connectivity index (χ3n) is 1.97. The smallest absolute Gasteiger partial charge is 0.293 e. The normalized spacial score (nSPS) is 10.6. The molecule has 1 heteroatoms. The minimum atomic E-state index is 0.582. The van der Waals surface area contributed by atoms with Gasteiger partial charge in [0.15, 0.2) is 0 Å². The van der Waals surface area contributed by atoms with E-state index in [1.54, 1.807) is 6.07 Å². The lowest BCUT2D eigenvalue weighted by Gasteiger charge is -2.02. The topological polar surface area (TPSA) is 20.2 Å². The Bertz CT molecular complexity index is 412. The first kappa shape index (κ1) is 6.72. The zero-order valence-corrected chi connectivity index (χ0v) is 7.10. The predicted octanol–water partition coefficient (Wildman–Crippen LogP) is 3.06. The van der Waals surface area contributed by atoms with Gasteiger partial charge in [0, 0.05) is 5.56 Å². The molecule has 13 heavy (non-hydrogen) atoms. The van der Waals surface area contributed by atoms with Gasteiger partial charge in [-0.25, -0.2) is 0 Å². The lowest BCUT2D eigenvalue weighted by molar-refractivity contribution is 0.477. The molecule has 0 unspecified atom stereocenters. The molecule has 2 rings (SSSR count). The van der Waals surface area contributed by atoms with E-state index in [1.165, 1.54) is 0 Å². The fraction of sp³-hybridized carbons (Fsp3) is 0. The number of rotatable bonds is 2. The summed E-state index contributed by atoms with van der Waals surface area (Å²) in [5, 5.41) is 4.55. The minimum Gasteiger partial charge on any atom is -0.507 e. The molecule has 0 spiro atoms. The number of hydrogen-bond acceptors (Lipinski definition) is 1. The van der Waals surface area contributed by atoms with Gasteiger partial charge in [0.25, 0.3) is 1.43 Å². The van der Waals surface area contributed by atoms with Crippen molar-refractivity contribution in [3.8, 4) is 16.9 Å². The van der Waals surface area contributed by atoms with Gasteiger partial charge in [0.2, 0.25) is 0 Å². The summed E-state index contributed by atoms with van der Waals surface area (Å²) < 4.78 is 6.93. The molecular weight excluding hydrogens is 160 g/mol. The highest BCUT2D eigenvalue weighted by Gasteiger charge is 2.00. The van der Waals surface area contributed by atoms with E-state index in [4.69, 9.17) is 1.43 Å². The van der Waals surface area contributed by atoms with Crippen molar-refractivity contribution in [2.24, 2.45) is 0 Å². The quantitative estimate of drug-likeness (QED) is 0.736. The maximum absolute atomic E-state index is 6.93. The molecule has 1 nitrogen and oxygen atoms in total. The average molecular weight is 171 g/mol. The van der Waals surface area contributed by atoms with E-state index < -0.39 is 0 Å². The number of aromatic hydroxyl groups is 1. The van der Waals surface area contributed by atoms with Crippen LogP contribution in [0.25, 0.3) is 11.1 Å². The highest BCUT2D eigenvalue weighted by Crippen LogP contribution is 2.27. The molecule has 64 valence electrons. The largest absolute Gasteiger partial charge is 0.507 e. The number of hydrogen-bond donors (Lipinski definition) is 1. The predicted molar refractivity (Wildman–Crippen MR) is 53.5 cm³/mol. The van der Waals surface area contributed by atoms with Crippen LogP contribution >= 0.6 is 0 Å². The van der Waals surface area contributed by atoms with Crippen molar-refractivity contribution in [3.63, 3.8) is 0 Å². The van der Waals surface area contributed by atoms with Crippen LogP contribution in [0, 0.1) is 0 Å². The Morgan fingerprint density at radius 1 is 0.846 bits per heavy atom. The van der Waals surface area contributed by atoms with E-state index in [1.807, 2.05) is 48.5 Å². The molecule has 0 aromatic heterocycles. The van der Waals surface area contributed by atoms with Crippen LogP contribution in [-0.2, 0) is 0 Å². The molecule has 0 saturated heterocycles. The third-order valence-corrected chi connectivity index (χ3v) is 1.97. The molecule has 0 atom stereocenters. The average Bonchev–Trinajstić information content (AvgIpc) is 2.30. The highest BCUT2D eigenvalue weighted by molar-refractivity contribution is 5.69. The zero-order valence-electron chi connectivity index (χ0n) is 8.10. The molecule has 0 radical (unpaired) electrons. The van der Waals surface area contributed by atoms with Crippen LogP contribution < -0.4 is 0 Å². The lowest BCUT2D eigenvalue weighted by Crippen LogP contribution is -1.76. The summed E-state index contributed by atoms with van der Waals surface area (Å²) >= 11 is 0. The van der Waals surface area contributed by atoms with Crippen molar-refractivity contribution < 1.29 is 5.11 Å². The monoisotopic (exact) mass is 171 g/mol. The molecule has 1 N–H and O–H groups in total. The number of benzene rings is 2. The van der Waals surface area contributed by atoms with E-state index in [9.17, 15) is 0 Å². The second kappa shape index (κ2) is 3.31. The summed E-state index contributed by atoms with van der Waals surface area (Å²) in [6, 6.07) is 17.4. The Morgan fingerprint density at radius 3 is 2.31 bits per heavy atom. The van der Waals surface area contributed by atoms with E-state index >= 15 is 0 Å². The van der Waals surface area contributed by atoms with Gasteiger partial charge in [-0.15, -0.1) is 0 Å². The molecule has 2 aromatic rings. The van der Waals surface area contributed by atoms with Gasteiger partial charge in [-0.2, -0.15) is 0 Å². The molecular formula is C12H10O. The Morgan fingerprint density at radius 2 is 1.54 bits per heavy atom. The van der Waals surface area contributed by atoms with Crippen molar-refractivity contribution in [2.45, 2.75) is 0 Å². The van der Waals surface area contributed by atoms with Gasteiger partial charge in [0.05, 0.1) is 0 Å². The summed E-state index contributed by atoms with van der Waals surface area (Å²) in [4.78, 5) is 0. The summed E-state index contributed by atoms with van der Waals surface area (Å²) in [7, 11) is 0. The van der Waals surface area contributed by atoms with Crippen LogP contribution in [-0.4, -0.2) is 6.54 Å². The van der Waals surface area contributed by atoms with Crippen molar-refractivity contribution in [1.29, 1.82) is 1.43 Å². The van der Waals surface area contributed by atoms with E-state index in [0.717, 1.165) is 11.1 Å². The fourth-order valence-corrected chi connectivity index (χ4v) is 1.32. The Kier molecular flexibility index (Phi) is 1.71. The maximum atomic E-state index is 6.93. The fourth-order valence-electron chi connectivity index (χ4n) is 1.32. The van der Waals surface area contributed by atoms with Crippen molar-refractivity contribution in [1.82, 2.24) is 0 Å². The first-order valence-corrected chi connectivity index (χ1v) is 4.19. The first-order valence-electron chi connectivity index (χ1n) is 4.60. The van der Waals surface area contributed by atoms with Gasteiger partial charge in [0.1, 0.15) is 5.75 Å². The molecule has 0 aliphatic rings. The van der Waals surface area contributed by atoms with Crippen LogP contribution in [0.1, 0.15) is 0 Å². The van der Waals surface area contributed by atoms with Crippen LogP contribution in [0.5, 0.6) is 5.75 Å². The molecule has 0 amide bonds. The Balaban J connectivity index is 2.51. The van der Waals surface area contributed by atoms with E-state index in [0.29, 0.717) is 5.75 Å². The molecule has 0 saturated carbocycles. The van der Waals surface area contributed by atoms with Crippen LogP contribution in [0.3, 0.4) is 0 Å². The minimum absolute atomic E-state index is 0.582.